The van der Waals surface area contributed by atoms with Crippen LogP contribution in [0.15, 0.2) is 18.3 Å². The standard InChI is InChI=1S/C13H21N3O2S2/c1-3-11(14)12-5-4-10(8-15-12)16-6-7-19-9-13(16)20(2,17)18/h4-5,8,11,13H,3,6-7,9,14H2,1-2H3/t11-,13?/m0/s1. The first-order valence-corrected chi connectivity index (χ1v) is 9.79. The zero-order chi connectivity index (χ0) is 14.8. The summed E-state index contributed by atoms with van der Waals surface area (Å²) in [7, 11) is -3.10. The highest BCUT2D eigenvalue weighted by atomic mass is 32.2. The topological polar surface area (TPSA) is 76.3 Å². The van der Waals surface area contributed by atoms with Gasteiger partial charge in [0.2, 0.25) is 0 Å². The molecular weight excluding hydrogens is 294 g/mol. The Hall–Kier alpha value is -0.790. The molecule has 2 N–H and O–H groups in total. The van der Waals surface area contributed by atoms with Crippen LogP contribution >= 0.6 is 11.8 Å². The van der Waals surface area contributed by atoms with Crippen molar-refractivity contribution in [3.8, 4) is 0 Å². The lowest BCUT2D eigenvalue weighted by Gasteiger charge is -2.35. The van der Waals surface area contributed by atoms with E-state index in [1.54, 1.807) is 18.0 Å². The summed E-state index contributed by atoms with van der Waals surface area (Å²) in [4.78, 5) is 6.30. The van der Waals surface area contributed by atoms with Crippen molar-refractivity contribution in [2.75, 3.05) is 29.2 Å². The Morgan fingerprint density at radius 3 is 2.85 bits per heavy atom. The van der Waals surface area contributed by atoms with Gasteiger partial charge < -0.3 is 10.6 Å². The van der Waals surface area contributed by atoms with E-state index in [2.05, 4.69) is 4.98 Å². The van der Waals surface area contributed by atoms with Crippen LogP contribution in [0.5, 0.6) is 0 Å². The number of anilines is 1. The van der Waals surface area contributed by atoms with Gasteiger partial charge in [0.05, 0.1) is 17.6 Å². The van der Waals surface area contributed by atoms with Gasteiger partial charge in [0.15, 0.2) is 9.84 Å². The number of hydrogen-bond donors (Lipinski definition) is 1. The fourth-order valence-corrected chi connectivity index (χ4v) is 5.07. The molecule has 5 nitrogen and oxygen atoms in total. The smallest absolute Gasteiger partial charge is 0.169 e. The molecule has 1 fully saturated rings. The lowest BCUT2D eigenvalue weighted by atomic mass is 10.1. The third-order valence-electron chi connectivity index (χ3n) is 3.50. The van der Waals surface area contributed by atoms with Gasteiger partial charge in [-0.05, 0) is 18.6 Å². The van der Waals surface area contributed by atoms with Crippen molar-refractivity contribution in [3.05, 3.63) is 24.0 Å². The predicted octanol–water partition coefficient (Wildman–Crippen LogP) is 1.42. The first kappa shape index (κ1) is 15.6. The van der Waals surface area contributed by atoms with E-state index in [1.165, 1.54) is 6.26 Å². The number of sulfone groups is 1. The van der Waals surface area contributed by atoms with Gasteiger partial charge in [-0.1, -0.05) is 6.92 Å². The third-order valence-corrected chi connectivity index (χ3v) is 6.14. The predicted molar refractivity (Wildman–Crippen MR) is 84.8 cm³/mol. The first-order chi connectivity index (χ1) is 9.43. The zero-order valence-electron chi connectivity index (χ0n) is 11.8. The number of thioether (sulfide) groups is 1. The molecule has 0 radical (unpaired) electrons. The highest BCUT2D eigenvalue weighted by Gasteiger charge is 2.31. The van der Waals surface area contributed by atoms with Gasteiger partial charge in [0.1, 0.15) is 5.37 Å². The van der Waals surface area contributed by atoms with Crippen LogP contribution in [-0.2, 0) is 9.84 Å². The fraction of sp³-hybridized carbons (Fsp3) is 0.615. The lowest BCUT2D eigenvalue weighted by molar-refractivity contribution is 0.584. The van der Waals surface area contributed by atoms with E-state index in [-0.39, 0.29) is 6.04 Å². The number of nitrogens with two attached hydrogens (primary N) is 1. The Morgan fingerprint density at radius 2 is 2.30 bits per heavy atom. The normalized spacial score (nSPS) is 21.8. The fourth-order valence-electron chi connectivity index (χ4n) is 2.23. The van der Waals surface area contributed by atoms with E-state index in [0.29, 0.717) is 5.75 Å². The average Bonchev–Trinajstić information content (AvgIpc) is 2.46. The second-order valence-electron chi connectivity index (χ2n) is 5.01. The zero-order valence-corrected chi connectivity index (χ0v) is 13.5. The maximum Gasteiger partial charge on any atom is 0.169 e. The molecule has 2 heterocycles. The van der Waals surface area contributed by atoms with Crippen molar-refractivity contribution in [2.45, 2.75) is 24.8 Å². The number of rotatable bonds is 4. The molecule has 0 bridgehead atoms. The largest absolute Gasteiger partial charge is 0.352 e. The number of pyridine rings is 1. The van der Waals surface area contributed by atoms with Gasteiger partial charge in [-0.3, -0.25) is 4.98 Å². The molecule has 1 aromatic heterocycles. The van der Waals surface area contributed by atoms with Crippen molar-refractivity contribution in [3.63, 3.8) is 0 Å². The molecule has 0 aliphatic carbocycles. The summed E-state index contributed by atoms with van der Waals surface area (Å²) < 4.78 is 23.8. The van der Waals surface area contributed by atoms with Crippen molar-refractivity contribution in [2.24, 2.45) is 5.73 Å². The minimum atomic E-state index is -3.10. The second-order valence-corrected chi connectivity index (χ2v) is 8.36. The average molecular weight is 315 g/mol. The highest BCUT2D eigenvalue weighted by Crippen LogP contribution is 2.26. The number of aromatic nitrogens is 1. The summed E-state index contributed by atoms with van der Waals surface area (Å²) >= 11 is 1.68. The summed E-state index contributed by atoms with van der Waals surface area (Å²) in [6.07, 6.45) is 3.86. The van der Waals surface area contributed by atoms with E-state index in [1.807, 2.05) is 24.0 Å². The minimum absolute atomic E-state index is 0.0633. The van der Waals surface area contributed by atoms with Gasteiger partial charge in [-0.15, -0.1) is 0 Å². The van der Waals surface area contributed by atoms with Crippen LogP contribution in [-0.4, -0.2) is 43.1 Å². The SMILES string of the molecule is CC[C@H](N)c1ccc(N2CCSCC2S(C)(=O)=O)cn1. The molecule has 7 heteroatoms. The van der Waals surface area contributed by atoms with Gasteiger partial charge in [-0.25, -0.2) is 8.42 Å². The molecule has 2 rings (SSSR count). The Kier molecular flexibility index (Phi) is 4.93. The molecule has 2 atom stereocenters. The van der Waals surface area contributed by atoms with Crippen LogP contribution in [0.4, 0.5) is 5.69 Å². The molecule has 1 aliphatic heterocycles. The van der Waals surface area contributed by atoms with E-state index in [4.69, 9.17) is 5.73 Å². The van der Waals surface area contributed by atoms with Crippen LogP contribution in [0.2, 0.25) is 0 Å². The van der Waals surface area contributed by atoms with Crippen LogP contribution in [0.25, 0.3) is 0 Å². The Bertz CT molecular complexity index is 545. The molecule has 1 aromatic rings. The van der Waals surface area contributed by atoms with Gasteiger partial charge >= 0.3 is 0 Å². The highest BCUT2D eigenvalue weighted by molar-refractivity contribution is 8.01. The molecule has 1 saturated heterocycles. The molecule has 0 amide bonds. The molecule has 0 aromatic carbocycles. The molecular formula is C13H21N3O2S2. The number of hydrogen-bond acceptors (Lipinski definition) is 6. The second kappa shape index (κ2) is 6.32. The van der Waals surface area contributed by atoms with Crippen LogP contribution in [0, 0.1) is 0 Å². The van der Waals surface area contributed by atoms with Gasteiger partial charge in [-0.2, -0.15) is 11.8 Å². The third kappa shape index (κ3) is 3.45. The van der Waals surface area contributed by atoms with Crippen molar-refractivity contribution in [1.82, 2.24) is 4.98 Å². The van der Waals surface area contributed by atoms with Crippen molar-refractivity contribution in [1.29, 1.82) is 0 Å². The summed E-state index contributed by atoms with van der Waals surface area (Å²) in [6, 6.07) is 3.75. The molecule has 112 valence electrons. The Balaban J connectivity index is 2.25. The Labute approximate surface area is 124 Å². The monoisotopic (exact) mass is 315 g/mol. The van der Waals surface area contributed by atoms with Crippen molar-refractivity contribution >= 4 is 27.3 Å². The van der Waals surface area contributed by atoms with E-state index >= 15 is 0 Å². The van der Waals surface area contributed by atoms with Crippen LogP contribution in [0.1, 0.15) is 25.1 Å². The molecule has 1 unspecified atom stereocenters. The molecule has 0 saturated carbocycles. The first-order valence-electron chi connectivity index (χ1n) is 6.68. The van der Waals surface area contributed by atoms with E-state index < -0.39 is 15.2 Å². The number of nitrogens with zero attached hydrogens (tertiary/aromatic N) is 2. The summed E-state index contributed by atoms with van der Waals surface area (Å²) in [5.74, 6) is 1.54. The minimum Gasteiger partial charge on any atom is -0.352 e. The summed E-state index contributed by atoms with van der Waals surface area (Å²) in [5, 5.41) is -0.464. The molecule has 20 heavy (non-hydrogen) atoms. The van der Waals surface area contributed by atoms with Crippen LogP contribution in [0.3, 0.4) is 0 Å². The Morgan fingerprint density at radius 1 is 1.55 bits per heavy atom. The summed E-state index contributed by atoms with van der Waals surface area (Å²) in [5.41, 5.74) is 7.64. The van der Waals surface area contributed by atoms with Gasteiger partial charge in [0, 0.05) is 30.3 Å². The van der Waals surface area contributed by atoms with Gasteiger partial charge in [0.25, 0.3) is 0 Å². The van der Waals surface area contributed by atoms with E-state index in [9.17, 15) is 8.42 Å². The maximum absolute atomic E-state index is 11.9. The van der Waals surface area contributed by atoms with Crippen LogP contribution < -0.4 is 10.6 Å². The van der Waals surface area contributed by atoms with Crippen molar-refractivity contribution < 1.29 is 8.42 Å². The molecule has 1 aliphatic rings. The molecule has 0 spiro atoms. The summed E-state index contributed by atoms with van der Waals surface area (Å²) in [6.45, 7) is 2.74. The quantitative estimate of drug-likeness (QED) is 0.905. The lowest BCUT2D eigenvalue weighted by Crippen LogP contribution is -2.47. The maximum atomic E-state index is 11.9. The van der Waals surface area contributed by atoms with E-state index in [0.717, 1.165) is 30.1 Å².